The fourth-order valence-electron chi connectivity index (χ4n) is 4.23. The molecular formula is C25H29N3O4. The van der Waals surface area contributed by atoms with E-state index in [1.165, 1.54) is 0 Å². The molecule has 0 aliphatic carbocycles. The number of methoxy groups -OCH3 is 3. The van der Waals surface area contributed by atoms with Crippen LogP contribution in [-0.4, -0.2) is 50.0 Å². The Morgan fingerprint density at radius 1 is 1.03 bits per heavy atom. The molecule has 168 valence electrons. The quantitative estimate of drug-likeness (QED) is 0.567. The van der Waals surface area contributed by atoms with Gasteiger partial charge < -0.3 is 29.0 Å². The summed E-state index contributed by atoms with van der Waals surface area (Å²) in [4.78, 5) is 15.3. The summed E-state index contributed by atoms with van der Waals surface area (Å²) in [5.74, 6) is 1.28. The molecule has 0 bridgehead atoms. The lowest BCUT2D eigenvalue weighted by Gasteiger charge is -2.31. The average Bonchev–Trinajstić information content (AvgIpc) is 3.25. The highest BCUT2D eigenvalue weighted by Crippen LogP contribution is 2.39. The second kappa shape index (κ2) is 9.78. The van der Waals surface area contributed by atoms with Crippen molar-refractivity contribution in [2.45, 2.75) is 19.0 Å². The van der Waals surface area contributed by atoms with Crippen LogP contribution in [0.5, 0.6) is 11.5 Å². The van der Waals surface area contributed by atoms with E-state index in [1.54, 1.807) is 21.3 Å². The topological polar surface area (TPSA) is 65.0 Å². The maximum Gasteiger partial charge on any atom is 0.318 e. The maximum absolute atomic E-state index is 13.4. The van der Waals surface area contributed by atoms with Crippen molar-refractivity contribution in [1.29, 1.82) is 0 Å². The first kappa shape index (κ1) is 21.8. The van der Waals surface area contributed by atoms with Crippen molar-refractivity contribution < 1.29 is 19.0 Å². The minimum Gasteiger partial charge on any atom is -0.493 e. The highest BCUT2D eigenvalue weighted by molar-refractivity contribution is 5.76. The van der Waals surface area contributed by atoms with Gasteiger partial charge in [-0.1, -0.05) is 24.3 Å². The van der Waals surface area contributed by atoms with E-state index in [0.717, 1.165) is 28.9 Å². The van der Waals surface area contributed by atoms with Crippen LogP contribution in [-0.2, 0) is 11.3 Å². The molecule has 2 heterocycles. The highest BCUT2D eigenvalue weighted by atomic mass is 16.5. The molecule has 3 aromatic rings. The van der Waals surface area contributed by atoms with Crippen molar-refractivity contribution in [3.05, 3.63) is 77.6 Å². The van der Waals surface area contributed by atoms with E-state index in [1.807, 2.05) is 47.5 Å². The number of urea groups is 1. The van der Waals surface area contributed by atoms with Crippen LogP contribution in [0.1, 0.15) is 29.3 Å². The first-order valence-corrected chi connectivity index (χ1v) is 10.7. The van der Waals surface area contributed by atoms with E-state index in [0.29, 0.717) is 31.2 Å². The Kier molecular flexibility index (Phi) is 6.66. The third-order valence-corrected chi connectivity index (χ3v) is 5.75. The zero-order valence-electron chi connectivity index (χ0n) is 18.7. The summed E-state index contributed by atoms with van der Waals surface area (Å²) >= 11 is 0. The Morgan fingerprint density at radius 3 is 2.62 bits per heavy atom. The number of fused-ring (bicyclic) bond motifs is 3. The monoisotopic (exact) mass is 435 g/mol. The van der Waals surface area contributed by atoms with E-state index < -0.39 is 0 Å². The molecule has 1 aromatic heterocycles. The highest BCUT2D eigenvalue weighted by Gasteiger charge is 2.33. The van der Waals surface area contributed by atoms with Crippen LogP contribution in [0.15, 0.2) is 60.8 Å². The molecule has 1 aliphatic heterocycles. The summed E-state index contributed by atoms with van der Waals surface area (Å²) in [6.07, 6.45) is 2.80. The van der Waals surface area contributed by atoms with Gasteiger partial charge in [-0.2, -0.15) is 0 Å². The normalized spacial score (nSPS) is 14.8. The van der Waals surface area contributed by atoms with Crippen molar-refractivity contribution in [2.24, 2.45) is 0 Å². The van der Waals surface area contributed by atoms with Crippen LogP contribution >= 0.6 is 0 Å². The third kappa shape index (κ3) is 4.16. The summed E-state index contributed by atoms with van der Waals surface area (Å²) in [6, 6.07) is 17.7. The van der Waals surface area contributed by atoms with Gasteiger partial charge in [0.05, 0.1) is 32.5 Å². The lowest BCUT2D eigenvalue weighted by Crippen LogP contribution is -2.42. The number of carbonyl (C=O) groups excluding carboxylic acids is 1. The minimum absolute atomic E-state index is 0.120. The molecule has 0 saturated carbocycles. The van der Waals surface area contributed by atoms with Gasteiger partial charge >= 0.3 is 6.03 Å². The molecule has 32 heavy (non-hydrogen) atoms. The third-order valence-electron chi connectivity index (χ3n) is 5.75. The lowest BCUT2D eigenvalue weighted by molar-refractivity contribution is 0.174. The zero-order chi connectivity index (χ0) is 22.5. The number of nitrogens with one attached hydrogen (secondary N) is 1. The van der Waals surface area contributed by atoms with Crippen molar-refractivity contribution in [2.75, 3.05) is 34.5 Å². The van der Waals surface area contributed by atoms with Gasteiger partial charge in [0.1, 0.15) is 0 Å². The number of rotatable bonds is 7. The van der Waals surface area contributed by atoms with E-state index >= 15 is 0 Å². The van der Waals surface area contributed by atoms with Crippen molar-refractivity contribution in [1.82, 2.24) is 14.8 Å². The average molecular weight is 436 g/mol. The number of hydrogen-bond acceptors (Lipinski definition) is 4. The van der Waals surface area contributed by atoms with Gasteiger partial charge in [-0.25, -0.2) is 4.79 Å². The molecule has 1 unspecified atom stereocenters. The summed E-state index contributed by atoms with van der Waals surface area (Å²) in [5.41, 5.74) is 4.12. The number of nitrogens with zero attached hydrogens (tertiary/aromatic N) is 2. The molecule has 7 nitrogen and oxygen atoms in total. The number of para-hydroxylation sites is 1. The molecule has 2 aromatic carbocycles. The van der Waals surface area contributed by atoms with Crippen LogP contribution in [0, 0.1) is 0 Å². The zero-order valence-corrected chi connectivity index (χ0v) is 18.7. The Hall–Kier alpha value is -3.45. The lowest BCUT2D eigenvalue weighted by atomic mass is 10.0. The van der Waals surface area contributed by atoms with Gasteiger partial charge in [0.25, 0.3) is 0 Å². The Bertz CT molecular complexity index is 1080. The van der Waals surface area contributed by atoms with E-state index in [-0.39, 0.29) is 12.1 Å². The van der Waals surface area contributed by atoms with Crippen molar-refractivity contribution in [3.8, 4) is 17.2 Å². The second-order valence-corrected chi connectivity index (χ2v) is 7.65. The molecule has 2 amide bonds. The van der Waals surface area contributed by atoms with E-state index in [4.69, 9.17) is 14.2 Å². The Morgan fingerprint density at radius 2 is 1.84 bits per heavy atom. The number of amides is 2. The van der Waals surface area contributed by atoms with Crippen LogP contribution in [0.3, 0.4) is 0 Å². The number of ether oxygens (including phenoxy) is 3. The first-order valence-electron chi connectivity index (χ1n) is 10.7. The van der Waals surface area contributed by atoms with E-state index in [9.17, 15) is 4.79 Å². The summed E-state index contributed by atoms with van der Waals surface area (Å²) in [5, 5.41) is 3.06. The number of benzene rings is 2. The largest absolute Gasteiger partial charge is 0.493 e. The smallest absolute Gasteiger partial charge is 0.318 e. The number of hydrogen-bond donors (Lipinski definition) is 1. The van der Waals surface area contributed by atoms with Crippen LogP contribution < -0.4 is 14.8 Å². The molecule has 1 N–H and O–H groups in total. The predicted molar refractivity (Wildman–Crippen MR) is 123 cm³/mol. The fourth-order valence-corrected chi connectivity index (χ4v) is 4.23. The molecule has 0 radical (unpaired) electrons. The van der Waals surface area contributed by atoms with Gasteiger partial charge in [0, 0.05) is 32.2 Å². The maximum atomic E-state index is 13.4. The van der Waals surface area contributed by atoms with Crippen LogP contribution in [0.2, 0.25) is 0 Å². The molecule has 7 heteroatoms. The van der Waals surface area contributed by atoms with Crippen LogP contribution in [0.25, 0.3) is 5.69 Å². The van der Waals surface area contributed by atoms with Crippen molar-refractivity contribution in [3.63, 3.8) is 0 Å². The standard InChI is InChI=1S/C25H29N3O4/c1-30-15-7-13-26-25(29)28-17-19-8-4-5-9-20(19)27-14-6-10-21(27)24(28)18-11-12-22(31-2)23(16-18)32-3/h4-6,8-12,14,16,24H,7,13,15,17H2,1-3H3,(H,26,29). The molecular weight excluding hydrogens is 406 g/mol. The molecule has 0 fully saturated rings. The minimum atomic E-state index is -0.306. The SMILES string of the molecule is COCCCNC(=O)N1Cc2ccccc2-n2cccc2C1c1ccc(OC)c(OC)c1. The molecule has 0 spiro atoms. The predicted octanol–water partition coefficient (Wildman–Crippen LogP) is 4.15. The van der Waals surface area contributed by atoms with Gasteiger partial charge in [-0.3, -0.25) is 0 Å². The van der Waals surface area contributed by atoms with Crippen LogP contribution in [0.4, 0.5) is 4.79 Å². The summed E-state index contributed by atoms with van der Waals surface area (Å²) in [6.45, 7) is 1.63. The summed E-state index contributed by atoms with van der Waals surface area (Å²) in [7, 11) is 4.90. The van der Waals surface area contributed by atoms with Gasteiger partial charge in [0.2, 0.25) is 0 Å². The van der Waals surface area contributed by atoms with Gasteiger partial charge in [-0.15, -0.1) is 0 Å². The van der Waals surface area contributed by atoms with Gasteiger partial charge in [0.15, 0.2) is 11.5 Å². The number of aromatic nitrogens is 1. The van der Waals surface area contributed by atoms with Crippen molar-refractivity contribution >= 4 is 6.03 Å². The fraction of sp³-hybridized carbons (Fsp3) is 0.320. The van der Waals surface area contributed by atoms with E-state index in [2.05, 4.69) is 28.1 Å². The molecule has 4 rings (SSSR count). The second-order valence-electron chi connectivity index (χ2n) is 7.65. The summed E-state index contributed by atoms with van der Waals surface area (Å²) < 4.78 is 18.3. The first-order chi connectivity index (χ1) is 15.7. The Balaban J connectivity index is 1.79. The van der Waals surface area contributed by atoms with Gasteiger partial charge in [-0.05, 0) is 47.9 Å². The molecule has 0 saturated heterocycles. The Labute approximate surface area is 188 Å². The molecule has 1 atom stereocenters. The number of carbonyl (C=O) groups is 1. The molecule has 1 aliphatic rings.